The molecule has 0 saturated heterocycles. The molecule has 0 heterocycles. The van der Waals surface area contributed by atoms with Gasteiger partial charge >= 0.3 is 0 Å². The van der Waals surface area contributed by atoms with Crippen molar-refractivity contribution in [3.05, 3.63) is 0 Å². The number of amides is 1. The zero-order valence-electron chi connectivity index (χ0n) is 6.10. The summed E-state index contributed by atoms with van der Waals surface area (Å²) in [7, 11) is 0. The summed E-state index contributed by atoms with van der Waals surface area (Å²) >= 11 is 1.46. The van der Waals surface area contributed by atoms with Crippen molar-refractivity contribution in [1.29, 1.82) is 0 Å². The van der Waals surface area contributed by atoms with Gasteiger partial charge in [0, 0.05) is 11.7 Å². The lowest BCUT2D eigenvalue weighted by atomic mass is 10.5. The Hall–Kier alpha value is -0.180. The molecular weight excluding hydrogens is 134 g/mol. The second-order valence-corrected chi connectivity index (χ2v) is 3.43. The first-order valence-electron chi connectivity index (χ1n) is 3.11. The maximum absolute atomic E-state index is 10.6. The highest BCUT2D eigenvalue weighted by molar-refractivity contribution is 7.98. The first-order chi connectivity index (χ1) is 4.16. The molecule has 1 amide bonds. The molecule has 0 bridgehead atoms. The lowest BCUT2D eigenvalue weighted by Gasteiger charge is -2.03. The minimum atomic E-state index is 0.105. The number of hydrogen-bond donors (Lipinski definition) is 1. The number of carbonyl (C=O) groups is 1. The zero-order valence-corrected chi connectivity index (χ0v) is 6.92. The van der Waals surface area contributed by atoms with Crippen LogP contribution in [0.4, 0.5) is 0 Å². The van der Waals surface area contributed by atoms with E-state index in [-0.39, 0.29) is 5.91 Å². The number of carbonyl (C=O) groups excluding carboxylic acids is 1. The quantitative estimate of drug-likeness (QED) is 0.614. The third kappa shape index (κ3) is 5.69. The number of nitrogens with one attached hydrogen (secondary N) is 1. The third-order valence-electron chi connectivity index (χ3n) is 0.730. The fourth-order valence-corrected chi connectivity index (χ4v) is 0.767. The summed E-state index contributed by atoms with van der Waals surface area (Å²) in [6, 6.07) is 0. The molecule has 0 aromatic heterocycles. The highest BCUT2D eigenvalue weighted by Crippen LogP contribution is 2.02. The molecule has 0 aliphatic heterocycles. The Morgan fingerprint density at radius 3 is 2.56 bits per heavy atom. The van der Waals surface area contributed by atoms with Crippen molar-refractivity contribution < 1.29 is 4.79 Å². The topological polar surface area (TPSA) is 29.1 Å². The van der Waals surface area contributed by atoms with E-state index in [1.165, 1.54) is 11.9 Å². The Kier molecular flexibility index (Phi) is 4.58. The van der Waals surface area contributed by atoms with Crippen LogP contribution in [0.25, 0.3) is 0 Å². The molecule has 0 aliphatic carbocycles. The Morgan fingerprint density at radius 2 is 2.22 bits per heavy atom. The fraction of sp³-hybridized carbons (Fsp3) is 0.833. The van der Waals surface area contributed by atoms with Crippen LogP contribution in [0.2, 0.25) is 0 Å². The largest absolute Gasteiger partial charge is 0.300 e. The maximum Gasteiger partial charge on any atom is 0.229 e. The van der Waals surface area contributed by atoms with Gasteiger partial charge in [0.15, 0.2) is 0 Å². The predicted octanol–water partition coefficient (Wildman–Crippen LogP) is 1.57. The molecule has 0 aromatic rings. The maximum atomic E-state index is 10.6. The Balaban J connectivity index is 3.17. The van der Waals surface area contributed by atoms with Crippen molar-refractivity contribution in [1.82, 2.24) is 4.72 Å². The standard InChI is InChI=1S/C6H13NOS/c1-4-6(8)7-9-5(2)3/h5H,4H2,1-3H3,(H,7,8). The molecule has 0 fully saturated rings. The average molecular weight is 147 g/mol. The molecule has 0 radical (unpaired) electrons. The highest BCUT2D eigenvalue weighted by Gasteiger charge is 1.97. The van der Waals surface area contributed by atoms with Gasteiger partial charge < -0.3 is 0 Å². The minimum absolute atomic E-state index is 0.105. The molecule has 2 nitrogen and oxygen atoms in total. The van der Waals surface area contributed by atoms with Crippen molar-refractivity contribution in [2.75, 3.05) is 0 Å². The average Bonchev–Trinajstić information content (AvgIpc) is 1.83. The van der Waals surface area contributed by atoms with Crippen molar-refractivity contribution in [2.45, 2.75) is 32.4 Å². The van der Waals surface area contributed by atoms with E-state index >= 15 is 0 Å². The normalized spacial score (nSPS) is 9.78. The summed E-state index contributed by atoms with van der Waals surface area (Å²) < 4.78 is 2.71. The van der Waals surface area contributed by atoms with Gasteiger partial charge in [-0.05, 0) is 11.9 Å². The van der Waals surface area contributed by atoms with Crippen LogP contribution in [0, 0.1) is 0 Å². The molecule has 0 saturated carbocycles. The van der Waals surface area contributed by atoms with Crippen LogP contribution in [0.1, 0.15) is 27.2 Å². The second kappa shape index (κ2) is 4.68. The van der Waals surface area contributed by atoms with Crippen molar-refractivity contribution in [3.63, 3.8) is 0 Å². The summed E-state index contributed by atoms with van der Waals surface area (Å²) in [5.41, 5.74) is 0. The Bertz CT molecular complexity index is 93.1. The van der Waals surface area contributed by atoms with Crippen LogP contribution < -0.4 is 4.72 Å². The van der Waals surface area contributed by atoms with Crippen LogP contribution >= 0.6 is 11.9 Å². The molecule has 0 aromatic carbocycles. The lowest BCUT2D eigenvalue weighted by Crippen LogP contribution is -2.16. The van der Waals surface area contributed by atoms with E-state index < -0.39 is 0 Å². The van der Waals surface area contributed by atoms with Gasteiger partial charge in [-0.3, -0.25) is 9.52 Å². The summed E-state index contributed by atoms with van der Waals surface area (Å²) in [4.78, 5) is 10.6. The van der Waals surface area contributed by atoms with Gasteiger partial charge in [0.2, 0.25) is 5.91 Å². The molecule has 0 atom stereocenters. The van der Waals surface area contributed by atoms with Crippen molar-refractivity contribution in [2.24, 2.45) is 0 Å². The molecular formula is C6H13NOS. The van der Waals surface area contributed by atoms with Gasteiger partial charge in [0.05, 0.1) is 0 Å². The van der Waals surface area contributed by atoms with Gasteiger partial charge in [-0.2, -0.15) is 0 Å². The van der Waals surface area contributed by atoms with Crippen molar-refractivity contribution >= 4 is 17.9 Å². The predicted molar refractivity (Wildman–Crippen MR) is 41.2 cm³/mol. The van der Waals surface area contributed by atoms with Crippen molar-refractivity contribution in [3.8, 4) is 0 Å². The third-order valence-corrected chi connectivity index (χ3v) is 1.55. The van der Waals surface area contributed by atoms with E-state index in [9.17, 15) is 4.79 Å². The lowest BCUT2D eigenvalue weighted by molar-refractivity contribution is -0.118. The van der Waals surface area contributed by atoms with Gasteiger partial charge in [-0.1, -0.05) is 20.8 Å². The molecule has 0 spiro atoms. The number of hydrogen-bond acceptors (Lipinski definition) is 2. The molecule has 0 unspecified atom stereocenters. The fourth-order valence-electron chi connectivity index (χ4n) is 0.256. The van der Waals surface area contributed by atoms with Crippen LogP contribution in [0.3, 0.4) is 0 Å². The summed E-state index contributed by atoms with van der Waals surface area (Å²) in [5.74, 6) is 0.105. The van der Waals surface area contributed by atoms with Crippen LogP contribution in [0.15, 0.2) is 0 Å². The van der Waals surface area contributed by atoms with E-state index in [0.29, 0.717) is 11.7 Å². The molecule has 0 rings (SSSR count). The molecule has 0 aliphatic rings. The van der Waals surface area contributed by atoms with E-state index in [0.717, 1.165) is 0 Å². The summed E-state index contributed by atoms with van der Waals surface area (Å²) in [6.07, 6.45) is 0.569. The smallest absolute Gasteiger partial charge is 0.229 e. The first-order valence-corrected chi connectivity index (χ1v) is 3.99. The van der Waals surface area contributed by atoms with Crippen LogP contribution in [-0.4, -0.2) is 11.2 Å². The van der Waals surface area contributed by atoms with Crippen LogP contribution in [-0.2, 0) is 4.79 Å². The van der Waals surface area contributed by atoms with Gasteiger partial charge in [0.1, 0.15) is 0 Å². The van der Waals surface area contributed by atoms with E-state index in [1.54, 1.807) is 0 Å². The molecule has 54 valence electrons. The van der Waals surface area contributed by atoms with E-state index in [4.69, 9.17) is 0 Å². The summed E-state index contributed by atoms with van der Waals surface area (Å²) in [6.45, 7) is 5.93. The minimum Gasteiger partial charge on any atom is -0.300 e. The summed E-state index contributed by atoms with van der Waals surface area (Å²) in [5, 5.41) is 0.473. The van der Waals surface area contributed by atoms with E-state index in [2.05, 4.69) is 4.72 Å². The van der Waals surface area contributed by atoms with Gasteiger partial charge in [0.25, 0.3) is 0 Å². The van der Waals surface area contributed by atoms with E-state index in [1.807, 2.05) is 20.8 Å². The monoisotopic (exact) mass is 147 g/mol. The molecule has 9 heavy (non-hydrogen) atoms. The highest BCUT2D eigenvalue weighted by atomic mass is 32.2. The molecule has 3 heteroatoms. The first kappa shape index (κ1) is 8.82. The van der Waals surface area contributed by atoms with Gasteiger partial charge in [-0.15, -0.1) is 0 Å². The SMILES string of the molecule is CCC(=O)NSC(C)C. The Morgan fingerprint density at radius 1 is 1.67 bits per heavy atom. The Labute approximate surface area is 60.5 Å². The number of rotatable bonds is 3. The van der Waals surface area contributed by atoms with Gasteiger partial charge in [-0.25, -0.2) is 0 Å². The zero-order chi connectivity index (χ0) is 7.28. The molecule has 1 N–H and O–H groups in total. The van der Waals surface area contributed by atoms with Crippen LogP contribution in [0.5, 0.6) is 0 Å². The second-order valence-electron chi connectivity index (χ2n) is 2.05.